The molecule has 1 fully saturated rings. The molecule has 1 aliphatic rings. The third-order valence-corrected chi connectivity index (χ3v) is 1.39. The summed E-state index contributed by atoms with van der Waals surface area (Å²) in [6.07, 6.45) is 0.355. The molecule has 2 unspecified atom stereocenters. The molecule has 0 radical (unpaired) electrons. The molecule has 0 spiro atoms. The van der Waals surface area contributed by atoms with Gasteiger partial charge in [0.05, 0.1) is 13.2 Å². The molecule has 4 nitrogen and oxygen atoms in total. The first kappa shape index (κ1) is 12.6. The molecular weight excluding hydrogens is 169 g/mol. The van der Waals surface area contributed by atoms with Gasteiger partial charge < -0.3 is 16.0 Å². The van der Waals surface area contributed by atoms with E-state index in [1.54, 1.807) is 6.08 Å². The molecule has 12 heavy (non-hydrogen) atoms. The van der Waals surface area contributed by atoms with Gasteiger partial charge in [-0.1, -0.05) is 6.08 Å². The molecule has 0 saturated carbocycles. The van der Waals surface area contributed by atoms with Gasteiger partial charge in [0.25, 0.3) is 0 Å². The largest absolute Gasteiger partial charge is 1.00 e. The Balaban J connectivity index is 0. The van der Waals surface area contributed by atoms with Crippen molar-refractivity contribution in [2.24, 2.45) is 0 Å². The number of hydrogen-bond acceptors (Lipinski definition) is 4. The summed E-state index contributed by atoms with van der Waals surface area (Å²) >= 11 is 0. The Morgan fingerprint density at radius 3 is 3.17 bits per heavy atom. The molecule has 0 aromatic heterocycles. The molecule has 0 aromatic rings. The van der Waals surface area contributed by atoms with Gasteiger partial charge in [-0.05, 0) is 0 Å². The van der Waals surface area contributed by atoms with Crippen molar-refractivity contribution in [1.29, 1.82) is 0 Å². The summed E-state index contributed by atoms with van der Waals surface area (Å²) in [6.45, 7) is 5.14. The quantitative estimate of drug-likeness (QED) is 0.353. The van der Waals surface area contributed by atoms with Crippen LogP contribution in [0.1, 0.15) is 1.43 Å². The standard InChI is InChI=1S/C7H13NO3.Na.H/c1-2-4-10-6-7(9)11-5-3-8-6;;/h2,6-9H,1,3-5H2;;/q;+1;-1. The van der Waals surface area contributed by atoms with E-state index in [1.165, 1.54) is 0 Å². The Bertz CT molecular complexity index is 139. The first-order valence-corrected chi connectivity index (χ1v) is 3.60. The van der Waals surface area contributed by atoms with Crippen LogP contribution in [0.25, 0.3) is 0 Å². The molecule has 0 aliphatic carbocycles. The third kappa shape index (κ3) is 4.00. The minimum absolute atomic E-state index is 0. The summed E-state index contributed by atoms with van der Waals surface area (Å²) in [5.41, 5.74) is 0. The van der Waals surface area contributed by atoms with Gasteiger partial charge in [-0.15, -0.1) is 6.58 Å². The van der Waals surface area contributed by atoms with Crippen LogP contribution < -0.4 is 34.9 Å². The van der Waals surface area contributed by atoms with Crippen molar-refractivity contribution in [2.75, 3.05) is 19.8 Å². The van der Waals surface area contributed by atoms with Crippen molar-refractivity contribution in [3.05, 3.63) is 12.7 Å². The maximum Gasteiger partial charge on any atom is 1.00 e. The summed E-state index contributed by atoms with van der Waals surface area (Å²) < 4.78 is 10.1. The zero-order valence-electron chi connectivity index (χ0n) is 8.32. The summed E-state index contributed by atoms with van der Waals surface area (Å²) in [5.74, 6) is 0. The maximum absolute atomic E-state index is 9.15. The maximum atomic E-state index is 9.15. The van der Waals surface area contributed by atoms with Crippen LogP contribution >= 0.6 is 0 Å². The molecule has 2 N–H and O–H groups in total. The molecule has 0 amide bonds. The second-order valence-corrected chi connectivity index (χ2v) is 2.26. The van der Waals surface area contributed by atoms with Gasteiger partial charge in [-0.3, -0.25) is 5.32 Å². The van der Waals surface area contributed by atoms with Crippen molar-refractivity contribution >= 4 is 0 Å². The van der Waals surface area contributed by atoms with Gasteiger partial charge in [-0.25, -0.2) is 0 Å². The summed E-state index contributed by atoms with van der Waals surface area (Å²) in [5, 5.41) is 12.1. The summed E-state index contributed by atoms with van der Waals surface area (Å²) in [6, 6.07) is 0. The number of hydrogen-bond donors (Lipinski definition) is 2. The second-order valence-electron chi connectivity index (χ2n) is 2.26. The van der Waals surface area contributed by atoms with E-state index >= 15 is 0 Å². The Morgan fingerprint density at radius 2 is 2.58 bits per heavy atom. The van der Waals surface area contributed by atoms with Gasteiger partial charge in [0.2, 0.25) is 0 Å². The SMILES string of the molecule is C=CCOC1NCCOC1O.[H-].[Na+]. The molecule has 0 aromatic carbocycles. The summed E-state index contributed by atoms with van der Waals surface area (Å²) in [4.78, 5) is 0. The van der Waals surface area contributed by atoms with Crippen LogP contribution in [0, 0.1) is 0 Å². The van der Waals surface area contributed by atoms with E-state index in [9.17, 15) is 0 Å². The number of morpholine rings is 1. The predicted molar refractivity (Wildman–Crippen MR) is 41.0 cm³/mol. The van der Waals surface area contributed by atoms with Crippen LogP contribution in [0.15, 0.2) is 12.7 Å². The molecule has 1 saturated heterocycles. The molecule has 1 aliphatic heterocycles. The first-order chi connectivity index (χ1) is 5.34. The summed E-state index contributed by atoms with van der Waals surface area (Å²) in [7, 11) is 0. The fourth-order valence-electron chi connectivity index (χ4n) is 0.882. The minimum Gasteiger partial charge on any atom is -1.00 e. The van der Waals surface area contributed by atoms with Crippen molar-refractivity contribution < 1.29 is 45.6 Å². The van der Waals surface area contributed by atoms with Crippen LogP contribution in [-0.4, -0.2) is 37.4 Å². The number of aliphatic hydroxyl groups excluding tert-OH is 1. The van der Waals surface area contributed by atoms with E-state index in [1.807, 2.05) is 0 Å². The zero-order chi connectivity index (χ0) is 8.10. The van der Waals surface area contributed by atoms with Crippen LogP contribution in [0.4, 0.5) is 0 Å². The van der Waals surface area contributed by atoms with Gasteiger partial charge in [-0.2, -0.15) is 0 Å². The number of nitrogens with one attached hydrogen (secondary N) is 1. The second kappa shape index (κ2) is 7.03. The number of ether oxygens (including phenoxy) is 2. The molecule has 2 atom stereocenters. The van der Waals surface area contributed by atoms with Crippen molar-refractivity contribution in [3.8, 4) is 0 Å². The van der Waals surface area contributed by atoms with Gasteiger partial charge >= 0.3 is 29.6 Å². The van der Waals surface area contributed by atoms with Crippen LogP contribution in [0.5, 0.6) is 0 Å². The van der Waals surface area contributed by atoms with Gasteiger partial charge in [0, 0.05) is 6.54 Å². The first-order valence-electron chi connectivity index (χ1n) is 3.60. The van der Waals surface area contributed by atoms with E-state index < -0.39 is 12.5 Å². The number of aliphatic hydroxyl groups is 1. The average molecular weight is 183 g/mol. The van der Waals surface area contributed by atoms with E-state index in [0.29, 0.717) is 19.8 Å². The average Bonchev–Trinajstić information content (AvgIpc) is 2.03. The third-order valence-electron chi connectivity index (χ3n) is 1.39. The Labute approximate surface area is 95.7 Å². The van der Waals surface area contributed by atoms with E-state index in [4.69, 9.17) is 14.6 Å². The van der Waals surface area contributed by atoms with Crippen molar-refractivity contribution in [1.82, 2.24) is 5.32 Å². The molecule has 0 bridgehead atoms. The topological polar surface area (TPSA) is 50.7 Å². The Kier molecular flexibility index (Phi) is 7.37. The number of rotatable bonds is 3. The Hall–Kier alpha value is 0.580. The van der Waals surface area contributed by atoms with Gasteiger partial charge in [0.15, 0.2) is 12.5 Å². The molecular formula is C7H14NNaO3. The predicted octanol–water partition coefficient (Wildman–Crippen LogP) is -3.43. The van der Waals surface area contributed by atoms with Crippen LogP contribution in [0.2, 0.25) is 0 Å². The molecule has 1 heterocycles. The Morgan fingerprint density at radius 1 is 1.83 bits per heavy atom. The fraction of sp³-hybridized carbons (Fsp3) is 0.714. The zero-order valence-corrected chi connectivity index (χ0v) is 9.32. The molecule has 5 heteroatoms. The van der Waals surface area contributed by atoms with Crippen LogP contribution in [0.3, 0.4) is 0 Å². The smallest absolute Gasteiger partial charge is 1.00 e. The van der Waals surface area contributed by atoms with Crippen molar-refractivity contribution in [2.45, 2.75) is 12.5 Å². The normalized spacial score (nSPS) is 29.1. The van der Waals surface area contributed by atoms with E-state index in [-0.39, 0.29) is 31.0 Å². The monoisotopic (exact) mass is 183 g/mol. The van der Waals surface area contributed by atoms with E-state index in [0.717, 1.165) is 0 Å². The minimum atomic E-state index is -0.858. The van der Waals surface area contributed by atoms with Crippen LogP contribution in [-0.2, 0) is 9.47 Å². The van der Waals surface area contributed by atoms with Crippen molar-refractivity contribution in [3.63, 3.8) is 0 Å². The molecule has 66 valence electrons. The fourth-order valence-corrected chi connectivity index (χ4v) is 0.882. The molecule has 1 rings (SSSR count). The van der Waals surface area contributed by atoms with E-state index in [2.05, 4.69) is 11.9 Å². The van der Waals surface area contributed by atoms with Gasteiger partial charge in [0.1, 0.15) is 0 Å².